The fourth-order valence-corrected chi connectivity index (χ4v) is 2.09. The van der Waals surface area contributed by atoms with E-state index in [-0.39, 0.29) is 18.0 Å². The van der Waals surface area contributed by atoms with Crippen LogP contribution < -0.4 is 10.2 Å². The van der Waals surface area contributed by atoms with Crippen molar-refractivity contribution in [3.63, 3.8) is 0 Å². The summed E-state index contributed by atoms with van der Waals surface area (Å²) in [7, 11) is 1.72. The van der Waals surface area contributed by atoms with Gasteiger partial charge in [-0.2, -0.15) is 0 Å². The first-order chi connectivity index (χ1) is 10.5. The van der Waals surface area contributed by atoms with Crippen molar-refractivity contribution in [2.75, 3.05) is 18.9 Å². The lowest BCUT2D eigenvalue weighted by molar-refractivity contribution is -0.885. The quantitative estimate of drug-likeness (QED) is 0.867. The third kappa shape index (κ3) is 4.33. The van der Waals surface area contributed by atoms with Crippen molar-refractivity contribution in [3.05, 3.63) is 65.5 Å². The Balaban J connectivity index is 1.94. The molecule has 0 aliphatic rings. The lowest BCUT2D eigenvalue weighted by Gasteiger charge is -2.14. The zero-order valence-electron chi connectivity index (χ0n) is 12.0. The summed E-state index contributed by atoms with van der Waals surface area (Å²) < 4.78 is 40.0. The number of quaternary nitrogens is 1. The molecule has 3 nitrogen and oxygen atoms in total. The Hall–Kier alpha value is -2.34. The van der Waals surface area contributed by atoms with E-state index in [0.717, 1.165) is 23.1 Å². The predicted molar refractivity (Wildman–Crippen MR) is 76.8 cm³/mol. The minimum atomic E-state index is -0.707. The molecule has 22 heavy (non-hydrogen) atoms. The highest BCUT2D eigenvalue weighted by Crippen LogP contribution is 2.14. The summed E-state index contributed by atoms with van der Waals surface area (Å²) in [6.45, 7) is 0.315. The maximum atomic E-state index is 13.5. The molecule has 0 radical (unpaired) electrons. The summed E-state index contributed by atoms with van der Waals surface area (Å²) in [6, 6.07) is 9.14. The molecule has 1 amide bonds. The van der Waals surface area contributed by atoms with E-state index in [1.165, 1.54) is 6.07 Å². The van der Waals surface area contributed by atoms with Crippen LogP contribution in [0.15, 0.2) is 42.5 Å². The van der Waals surface area contributed by atoms with Gasteiger partial charge >= 0.3 is 0 Å². The standard InChI is InChI=1S/C16H15F3N2O/c1-21(9-11-4-2-3-5-13(11)18)10-16(22)20-15-8-12(17)6-7-14(15)19/h2-8H,9-10H2,1H3,(H,20,22)/p+1. The maximum Gasteiger partial charge on any atom is 0.279 e. The number of hydrogen-bond donors (Lipinski definition) is 2. The van der Waals surface area contributed by atoms with Gasteiger partial charge in [-0.3, -0.25) is 4.79 Å². The van der Waals surface area contributed by atoms with Crippen molar-refractivity contribution < 1.29 is 22.9 Å². The molecule has 0 aliphatic carbocycles. The maximum absolute atomic E-state index is 13.5. The van der Waals surface area contributed by atoms with Crippen molar-refractivity contribution in [3.8, 4) is 0 Å². The molecule has 1 atom stereocenters. The number of benzene rings is 2. The van der Waals surface area contributed by atoms with E-state index in [0.29, 0.717) is 12.1 Å². The molecule has 0 spiro atoms. The van der Waals surface area contributed by atoms with Gasteiger partial charge in [0.2, 0.25) is 0 Å². The Morgan fingerprint density at radius 2 is 1.82 bits per heavy atom. The molecule has 0 aromatic heterocycles. The largest absolute Gasteiger partial charge is 0.326 e. The van der Waals surface area contributed by atoms with Gasteiger partial charge in [-0.1, -0.05) is 18.2 Å². The number of carbonyl (C=O) groups is 1. The molecule has 0 heterocycles. The molecule has 0 saturated carbocycles. The van der Waals surface area contributed by atoms with Gasteiger partial charge in [-0.15, -0.1) is 0 Å². The first kappa shape index (κ1) is 16.0. The minimum Gasteiger partial charge on any atom is -0.326 e. The van der Waals surface area contributed by atoms with Crippen LogP contribution in [0.25, 0.3) is 0 Å². The van der Waals surface area contributed by atoms with E-state index in [9.17, 15) is 18.0 Å². The molecule has 2 rings (SSSR count). The van der Waals surface area contributed by atoms with Gasteiger partial charge < -0.3 is 10.2 Å². The van der Waals surface area contributed by atoms with Crippen molar-refractivity contribution in [2.45, 2.75) is 6.54 Å². The highest BCUT2D eigenvalue weighted by atomic mass is 19.1. The topological polar surface area (TPSA) is 33.5 Å². The molecule has 0 aliphatic heterocycles. The van der Waals surface area contributed by atoms with Crippen LogP contribution in [0.4, 0.5) is 18.9 Å². The van der Waals surface area contributed by atoms with E-state index in [2.05, 4.69) is 5.32 Å². The van der Waals surface area contributed by atoms with Crippen molar-refractivity contribution in [1.29, 1.82) is 0 Å². The van der Waals surface area contributed by atoms with Crippen LogP contribution in [0.2, 0.25) is 0 Å². The first-order valence-electron chi connectivity index (χ1n) is 6.75. The molecule has 116 valence electrons. The molecule has 0 fully saturated rings. The molecule has 0 saturated heterocycles. The number of amides is 1. The summed E-state index contributed by atoms with van der Waals surface area (Å²) in [5.41, 5.74) is 0.286. The monoisotopic (exact) mass is 309 g/mol. The summed E-state index contributed by atoms with van der Waals surface area (Å²) in [5, 5.41) is 2.31. The Bertz CT molecular complexity index is 676. The fraction of sp³-hybridized carbons (Fsp3) is 0.188. The lowest BCUT2D eigenvalue weighted by Crippen LogP contribution is -3.08. The van der Waals surface area contributed by atoms with E-state index >= 15 is 0 Å². The second kappa shape index (κ2) is 7.09. The van der Waals surface area contributed by atoms with Crippen LogP contribution >= 0.6 is 0 Å². The van der Waals surface area contributed by atoms with Crippen molar-refractivity contribution in [1.82, 2.24) is 0 Å². The minimum absolute atomic E-state index is 0.00425. The predicted octanol–water partition coefficient (Wildman–Crippen LogP) is 1.76. The third-order valence-electron chi connectivity index (χ3n) is 3.11. The number of anilines is 1. The number of halogens is 3. The number of likely N-dealkylation sites (N-methyl/N-ethyl adjacent to an activating group) is 1. The van der Waals surface area contributed by atoms with Gasteiger partial charge in [0.15, 0.2) is 6.54 Å². The average molecular weight is 309 g/mol. The molecular formula is C16H16F3N2O+. The Morgan fingerprint density at radius 1 is 1.09 bits per heavy atom. The van der Waals surface area contributed by atoms with Gasteiger partial charge in [0.1, 0.15) is 24.0 Å². The summed E-state index contributed by atoms with van der Waals surface area (Å²) in [6.07, 6.45) is 0. The third-order valence-corrected chi connectivity index (χ3v) is 3.11. The Morgan fingerprint density at radius 3 is 2.55 bits per heavy atom. The van der Waals surface area contributed by atoms with E-state index < -0.39 is 17.5 Å². The summed E-state index contributed by atoms with van der Waals surface area (Å²) in [4.78, 5) is 12.6. The van der Waals surface area contributed by atoms with Crippen LogP contribution in [0.1, 0.15) is 5.56 Å². The zero-order valence-corrected chi connectivity index (χ0v) is 12.0. The first-order valence-corrected chi connectivity index (χ1v) is 6.75. The van der Waals surface area contributed by atoms with Crippen LogP contribution in [-0.4, -0.2) is 19.5 Å². The van der Waals surface area contributed by atoms with Gasteiger partial charge in [-0.05, 0) is 18.2 Å². The van der Waals surface area contributed by atoms with E-state index in [1.807, 2.05) is 0 Å². The molecular weight excluding hydrogens is 293 g/mol. The fourth-order valence-electron chi connectivity index (χ4n) is 2.09. The SMILES string of the molecule is C[NH+](CC(=O)Nc1cc(F)ccc1F)Cc1ccccc1F. The second-order valence-corrected chi connectivity index (χ2v) is 5.07. The number of hydrogen-bond acceptors (Lipinski definition) is 1. The van der Waals surface area contributed by atoms with Crippen LogP contribution in [0, 0.1) is 17.5 Å². The highest BCUT2D eigenvalue weighted by Gasteiger charge is 2.14. The van der Waals surface area contributed by atoms with Gasteiger partial charge in [0.25, 0.3) is 5.91 Å². The van der Waals surface area contributed by atoms with Gasteiger partial charge in [0.05, 0.1) is 12.7 Å². The molecule has 2 aromatic rings. The summed E-state index contributed by atoms with van der Waals surface area (Å²) >= 11 is 0. The summed E-state index contributed by atoms with van der Waals surface area (Å²) in [5.74, 6) is -2.15. The van der Waals surface area contributed by atoms with Crippen LogP contribution in [0.3, 0.4) is 0 Å². The van der Waals surface area contributed by atoms with Crippen LogP contribution in [-0.2, 0) is 11.3 Å². The van der Waals surface area contributed by atoms with Gasteiger partial charge in [0, 0.05) is 11.6 Å². The molecule has 2 N–H and O–H groups in total. The molecule has 0 bridgehead atoms. The Labute approximate surface area is 126 Å². The smallest absolute Gasteiger partial charge is 0.279 e. The van der Waals surface area contributed by atoms with Crippen molar-refractivity contribution >= 4 is 11.6 Å². The van der Waals surface area contributed by atoms with Crippen LogP contribution in [0.5, 0.6) is 0 Å². The Kier molecular flexibility index (Phi) is 5.16. The van der Waals surface area contributed by atoms with E-state index in [1.54, 1.807) is 25.2 Å². The van der Waals surface area contributed by atoms with E-state index in [4.69, 9.17) is 0 Å². The lowest BCUT2D eigenvalue weighted by atomic mass is 10.2. The number of nitrogens with one attached hydrogen (secondary N) is 2. The second-order valence-electron chi connectivity index (χ2n) is 5.07. The average Bonchev–Trinajstić information content (AvgIpc) is 2.45. The molecule has 2 aromatic carbocycles. The number of carbonyl (C=O) groups excluding carboxylic acids is 1. The highest BCUT2D eigenvalue weighted by molar-refractivity contribution is 5.91. The number of rotatable bonds is 5. The van der Waals surface area contributed by atoms with Gasteiger partial charge in [-0.25, -0.2) is 13.2 Å². The van der Waals surface area contributed by atoms with Crippen molar-refractivity contribution in [2.24, 2.45) is 0 Å². The molecule has 1 unspecified atom stereocenters. The normalized spacial score (nSPS) is 12.0. The molecule has 6 heteroatoms. The zero-order chi connectivity index (χ0) is 16.1.